The lowest BCUT2D eigenvalue weighted by Crippen LogP contribution is -2.67. The summed E-state index contributed by atoms with van der Waals surface area (Å²) in [7, 11) is 1.62. The van der Waals surface area contributed by atoms with E-state index in [0.29, 0.717) is 19.0 Å². The van der Waals surface area contributed by atoms with E-state index in [0.717, 1.165) is 12.8 Å². The Labute approximate surface area is 208 Å². The molecule has 1 saturated heterocycles. The Hall–Kier alpha value is -3.65. The number of aliphatic hydroxyl groups is 1. The molecule has 1 aliphatic carbocycles. The van der Waals surface area contributed by atoms with Crippen molar-refractivity contribution in [2.75, 3.05) is 30.9 Å². The van der Waals surface area contributed by atoms with E-state index in [1.807, 2.05) is 0 Å². The second-order valence-electron chi connectivity index (χ2n) is 9.16. The molecule has 3 aromatic heterocycles. The fraction of sp³-hybridized carbons (Fsp3) is 0.478. The minimum Gasteiger partial charge on any atom is -0.381 e. The van der Waals surface area contributed by atoms with Crippen LogP contribution in [0.25, 0.3) is 5.65 Å². The summed E-state index contributed by atoms with van der Waals surface area (Å²) < 4.78 is 48.1. The maximum absolute atomic E-state index is 13.2. The molecule has 198 valence electrons. The van der Waals surface area contributed by atoms with Gasteiger partial charge in [0.15, 0.2) is 11.2 Å². The number of fused-ring (bicyclic) bond motifs is 1. The van der Waals surface area contributed by atoms with Crippen molar-refractivity contribution in [3.05, 3.63) is 46.5 Å². The van der Waals surface area contributed by atoms with Crippen LogP contribution in [0.15, 0.2) is 35.4 Å². The van der Waals surface area contributed by atoms with Crippen LogP contribution in [0.5, 0.6) is 0 Å². The predicted octanol–water partition coefficient (Wildman–Crippen LogP) is 2.21. The molecule has 11 nitrogen and oxygen atoms in total. The average Bonchev–Trinajstić information content (AvgIpc) is 3.31. The normalized spacial score (nSPS) is 22.5. The van der Waals surface area contributed by atoms with Gasteiger partial charge in [-0.15, -0.1) is 0 Å². The SMILES string of the molecule is CNc1cc(Nc2cccn(C3CCOCC3)c2=O)nc2c(C(=O)N[C@H]3CC[C@@]3(O)C(F)(F)F)cnn12. The van der Waals surface area contributed by atoms with Crippen LogP contribution in [0, 0.1) is 0 Å². The van der Waals surface area contributed by atoms with E-state index < -0.39 is 30.1 Å². The Morgan fingerprint density at radius 1 is 1.27 bits per heavy atom. The summed E-state index contributed by atoms with van der Waals surface area (Å²) in [6, 6.07) is 3.48. The lowest BCUT2D eigenvalue weighted by molar-refractivity contribution is -0.296. The Kier molecular flexibility index (Phi) is 6.31. The van der Waals surface area contributed by atoms with Gasteiger partial charge in [0.05, 0.1) is 12.2 Å². The number of hydrogen-bond acceptors (Lipinski definition) is 8. The first-order chi connectivity index (χ1) is 17.6. The molecule has 1 amide bonds. The van der Waals surface area contributed by atoms with Crippen LogP contribution < -0.4 is 21.5 Å². The van der Waals surface area contributed by atoms with Gasteiger partial charge in [0.2, 0.25) is 0 Å². The van der Waals surface area contributed by atoms with Crippen LogP contribution in [-0.4, -0.2) is 68.3 Å². The van der Waals surface area contributed by atoms with Gasteiger partial charge in [-0.25, -0.2) is 4.98 Å². The average molecular weight is 522 g/mol. The number of pyridine rings is 1. The first-order valence-corrected chi connectivity index (χ1v) is 11.8. The molecule has 2 atom stereocenters. The van der Waals surface area contributed by atoms with Gasteiger partial charge < -0.3 is 30.4 Å². The quantitative estimate of drug-likeness (QED) is 0.388. The Morgan fingerprint density at radius 3 is 2.68 bits per heavy atom. The lowest BCUT2D eigenvalue weighted by atomic mass is 9.74. The number of nitrogens with zero attached hydrogens (tertiary/aromatic N) is 4. The van der Waals surface area contributed by atoms with Gasteiger partial charge in [-0.3, -0.25) is 9.59 Å². The fourth-order valence-corrected chi connectivity index (χ4v) is 4.69. The molecule has 0 spiro atoms. The molecule has 1 aliphatic heterocycles. The van der Waals surface area contributed by atoms with Crippen molar-refractivity contribution in [3.63, 3.8) is 0 Å². The number of hydrogen-bond donors (Lipinski definition) is 4. The Bertz CT molecular complexity index is 1380. The first-order valence-electron chi connectivity index (χ1n) is 11.8. The van der Waals surface area contributed by atoms with Crippen LogP contribution >= 0.6 is 0 Å². The van der Waals surface area contributed by atoms with Crippen LogP contribution in [0.2, 0.25) is 0 Å². The molecule has 2 fully saturated rings. The van der Waals surface area contributed by atoms with Crippen molar-refractivity contribution in [1.29, 1.82) is 0 Å². The van der Waals surface area contributed by atoms with E-state index in [1.165, 1.54) is 10.7 Å². The molecule has 0 radical (unpaired) electrons. The highest BCUT2D eigenvalue weighted by molar-refractivity contribution is 6.00. The highest BCUT2D eigenvalue weighted by Crippen LogP contribution is 2.45. The summed E-state index contributed by atoms with van der Waals surface area (Å²) >= 11 is 0. The Morgan fingerprint density at radius 2 is 2.03 bits per heavy atom. The van der Waals surface area contributed by atoms with E-state index in [2.05, 4.69) is 26.0 Å². The summed E-state index contributed by atoms with van der Waals surface area (Å²) in [4.78, 5) is 30.4. The van der Waals surface area contributed by atoms with Crippen molar-refractivity contribution in [3.8, 4) is 0 Å². The molecular weight excluding hydrogens is 495 g/mol. The minimum atomic E-state index is -4.87. The van der Waals surface area contributed by atoms with E-state index in [9.17, 15) is 27.9 Å². The van der Waals surface area contributed by atoms with Crippen LogP contribution in [0.3, 0.4) is 0 Å². The number of carbonyl (C=O) groups excluding carboxylic acids is 1. The minimum absolute atomic E-state index is 0.0123. The van der Waals surface area contributed by atoms with Crippen molar-refractivity contribution in [2.24, 2.45) is 0 Å². The number of nitrogens with one attached hydrogen (secondary N) is 3. The molecule has 0 unspecified atom stereocenters. The molecule has 0 bridgehead atoms. The maximum Gasteiger partial charge on any atom is 0.419 e. The topological polar surface area (TPSA) is 135 Å². The summed E-state index contributed by atoms with van der Waals surface area (Å²) in [5.74, 6) is -0.206. The largest absolute Gasteiger partial charge is 0.419 e. The van der Waals surface area contributed by atoms with Crippen molar-refractivity contribution >= 4 is 28.9 Å². The zero-order valence-corrected chi connectivity index (χ0v) is 19.9. The Balaban J connectivity index is 1.44. The molecular formula is C23H26F3N7O4. The first kappa shape index (κ1) is 25.0. The molecule has 5 rings (SSSR count). The molecule has 37 heavy (non-hydrogen) atoms. The van der Waals surface area contributed by atoms with E-state index in [4.69, 9.17) is 4.74 Å². The monoisotopic (exact) mass is 521 g/mol. The zero-order valence-electron chi connectivity index (χ0n) is 19.9. The molecule has 2 aliphatic rings. The van der Waals surface area contributed by atoms with Crippen molar-refractivity contribution < 1.29 is 27.8 Å². The number of ether oxygens (including phenoxy) is 1. The van der Waals surface area contributed by atoms with Gasteiger partial charge >= 0.3 is 6.18 Å². The van der Waals surface area contributed by atoms with Crippen molar-refractivity contribution in [1.82, 2.24) is 24.5 Å². The lowest BCUT2D eigenvalue weighted by Gasteiger charge is -2.46. The molecule has 4 heterocycles. The van der Waals surface area contributed by atoms with Crippen LogP contribution in [0.4, 0.5) is 30.5 Å². The number of anilines is 3. The van der Waals surface area contributed by atoms with Crippen molar-refractivity contribution in [2.45, 2.75) is 49.5 Å². The highest BCUT2D eigenvalue weighted by atomic mass is 19.4. The number of alkyl halides is 3. The number of amides is 1. The molecule has 0 aromatic carbocycles. The predicted molar refractivity (Wildman–Crippen MR) is 127 cm³/mol. The number of halogens is 3. The maximum atomic E-state index is 13.2. The van der Waals surface area contributed by atoms with Crippen LogP contribution in [0.1, 0.15) is 42.1 Å². The third-order valence-electron chi connectivity index (χ3n) is 6.98. The fourth-order valence-electron chi connectivity index (χ4n) is 4.69. The number of aromatic nitrogens is 4. The van der Waals surface area contributed by atoms with Gasteiger partial charge in [0, 0.05) is 38.6 Å². The second-order valence-corrected chi connectivity index (χ2v) is 9.16. The molecule has 4 N–H and O–H groups in total. The molecule has 1 saturated carbocycles. The summed E-state index contributed by atoms with van der Waals surface area (Å²) in [5, 5.41) is 22.3. The van der Waals surface area contributed by atoms with Gasteiger partial charge in [-0.2, -0.15) is 22.8 Å². The van der Waals surface area contributed by atoms with Crippen LogP contribution in [-0.2, 0) is 4.74 Å². The molecule has 3 aromatic rings. The standard InChI is InChI=1S/C23H26F3N7O4/c1-27-18-11-17(29-15-3-2-8-32(21(15)35)13-5-9-37-10-6-13)31-19-14(12-28-33(18)19)20(34)30-16-4-7-22(16,36)23(24,25)26/h2-3,8,11-13,16,27,36H,4-7,9-10H2,1H3,(H,29,31)(H,30,34)/t16-,22-/m0/s1. The van der Waals surface area contributed by atoms with E-state index in [-0.39, 0.29) is 40.7 Å². The summed E-state index contributed by atoms with van der Waals surface area (Å²) in [6.45, 7) is 1.15. The van der Waals surface area contributed by atoms with Gasteiger partial charge in [0.25, 0.3) is 11.5 Å². The number of carbonyl (C=O) groups is 1. The summed E-state index contributed by atoms with van der Waals surface area (Å²) in [6.07, 6.45) is -1.03. The second kappa shape index (κ2) is 9.34. The third-order valence-corrected chi connectivity index (χ3v) is 6.98. The summed E-state index contributed by atoms with van der Waals surface area (Å²) in [5.41, 5.74) is -2.97. The van der Waals surface area contributed by atoms with E-state index in [1.54, 1.807) is 36.0 Å². The highest BCUT2D eigenvalue weighted by Gasteiger charge is 2.64. The zero-order chi connectivity index (χ0) is 26.4. The third kappa shape index (κ3) is 4.39. The number of rotatable bonds is 6. The smallest absolute Gasteiger partial charge is 0.381 e. The van der Waals surface area contributed by atoms with Gasteiger partial charge in [-0.1, -0.05) is 0 Å². The van der Waals surface area contributed by atoms with Gasteiger partial charge in [-0.05, 0) is 37.8 Å². The van der Waals surface area contributed by atoms with Gasteiger partial charge in [0.1, 0.15) is 22.9 Å². The molecule has 14 heteroatoms. The van der Waals surface area contributed by atoms with E-state index >= 15 is 0 Å².